The molecule has 0 aliphatic carbocycles. The predicted molar refractivity (Wildman–Crippen MR) is 112 cm³/mol. The van der Waals surface area contributed by atoms with Gasteiger partial charge in [-0.05, 0) is 55.4 Å². The van der Waals surface area contributed by atoms with Gasteiger partial charge in [0.1, 0.15) is 11.2 Å². The van der Waals surface area contributed by atoms with E-state index in [2.05, 4.69) is 4.98 Å². The van der Waals surface area contributed by atoms with E-state index in [9.17, 15) is 14.2 Å². The molecule has 0 aliphatic rings. The van der Waals surface area contributed by atoms with Gasteiger partial charge in [0.25, 0.3) is 0 Å². The minimum Gasteiger partial charge on any atom is -0.443 e. The van der Waals surface area contributed by atoms with Gasteiger partial charge >= 0.3 is 19.8 Å². The van der Waals surface area contributed by atoms with E-state index in [1.807, 2.05) is 0 Å². The number of aromatic nitrogens is 1. The maximum absolute atomic E-state index is 12.7. The fourth-order valence-corrected chi connectivity index (χ4v) is 4.57. The number of nitrogens with zero attached hydrogens (tertiary/aromatic N) is 2. The SMILES string of the molecule is CCOP(=O)(Cc1csc(N(C(=O)OC(C)(C)C)C(=O)OC(C)(C)C)n1)OCC. The predicted octanol–water partition coefficient (Wildman–Crippen LogP) is 5.59. The molecule has 0 saturated carbocycles. The highest BCUT2D eigenvalue weighted by atomic mass is 32.1. The summed E-state index contributed by atoms with van der Waals surface area (Å²) in [5.41, 5.74) is -1.28. The van der Waals surface area contributed by atoms with Crippen LogP contribution in [0.3, 0.4) is 0 Å². The van der Waals surface area contributed by atoms with E-state index in [0.29, 0.717) is 5.69 Å². The van der Waals surface area contributed by atoms with Crippen molar-refractivity contribution in [1.82, 2.24) is 4.98 Å². The lowest BCUT2D eigenvalue weighted by atomic mass is 10.2. The second-order valence-electron chi connectivity index (χ2n) is 8.02. The summed E-state index contributed by atoms with van der Waals surface area (Å²) in [6.45, 7) is 14.0. The van der Waals surface area contributed by atoms with Crippen LogP contribution < -0.4 is 4.90 Å². The molecule has 166 valence electrons. The number of rotatable bonds is 7. The van der Waals surface area contributed by atoms with Crippen molar-refractivity contribution in [3.05, 3.63) is 11.1 Å². The minimum atomic E-state index is -3.38. The molecular formula is C18H31N2O7PS. The molecule has 0 aromatic carbocycles. The molecule has 0 atom stereocenters. The number of carbonyl (C=O) groups excluding carboxylic acids is 2. The van der Waals surface area contributed by atoms with Crippen molar-refractivity contribution in [3.63, 3.8) is 0 Å². The van der Waals surface area contributed by atoms with Gasteiger partial charge in [0, 0.05) is 5.38 Å². The van der Waals surface area contributed by atoms with Gasteiger partial charge in [0.15, 0.2) is 0 Å². The van der Waals surface area contributed by atoms with Crippen LogP contribution in [0.25, 0.3) is 0 Å². The second kappa shape index (κ2) is 10.0. The lowest BCUT2D eigenvalue weighted by Gasteiger charge is -2.27. The molecule has 11 heteroatoms. The molecule has 1 aromatic heterocycles. The van der Waals surface area contributed by atoms with Crippen molar-refractivity contribution in [2.24, 2.45) is 0 Å². The third kappa shape index (κ3) is 8.82. The molecule has 0 fully saturated rings. The van der Waals surface area contributed by atoms with Crippen LogP contribution in [0.1, 0.15) is 61.1 Å². The van der Waals surface area contributed by atoms with Crippen LogP contribution >= 0.6 is 18.9 Å². The fraction of sp³-hybridized carbons (Fsp3) is 0.722. The third-order valence-corrected chi connectivity index (χ3v) is 5.78. The Morgan fingerprint density at radius 2 is 1.45 bits per heavy atom. The zero-order valence-electron chi connectivity index (χ0n) is 18.3. The van der Waals surface area contributed by atoms with Crippen molar-refractivity contribution in [2.45, 2.75) is 72.8 Å². The summed E-state index contributed by atoms with van der Waals surface area (Å²) in [5.74, 6) is 0. The van der Waals surface area contributed by atoms with Gasteiger partial charge in [-0.15, -0.1) is 11.3 Å². The molecule has 0 bridgehead atoms. The first-order valence-electron chi connectivity index (χ1n) is 9.28. The van der Waals surface area contributed by atoms with Crippen molar-refractivity contribution >= 4 is 36.3 Å². The van der Waals surface area contributed by atoms with Gasteiger partial charge in [-0.1, -0.05) is 0 Å². The molecule has 0 saturated heterocycles. The number of thiazole rings is 1. The first kappa shape index (κ1) is 25.6. The number of ether oxygens (including phenoxy) is 2. The highest BCUT2D eigenvalue weighted by Gasteiger charge is 2.35. The van der Waals surface area contributed by atoms with E-state index in [1.54, 1.807) is 60.8 Å². The Morgan fingerprint density at radius 1 is 1.00 bits per heavy atom. The van der Waals surface area contributed by atoms with Gasteiger partial charge in [-0.3, -0.25) is 4.57 Å². The van der Waals surface area contributed by atoms with Gasteiger partial charge in [-0.2, -0.15) is 4.90 Å². The number of hydrogen-bond acceptors (Lipinski definition) is 9. The molecule has 0 unspecified atom stereocenters. The van der Waals surface area contributed by atoms with Crippen LogP contribution in [0.4, 0.5) is 14.7 Å². The van der Waals surface area contributed by atoms with E-state index in [-0.39, 0.29) is 24.5 Å². The number of anilines is 1. The summed E-state index contributed by atoms with van der Waals surface area (Å²) in [6.07, 6.45) is -1.90. The molecule has 2 amide bonds. The van der Waals surface area contributed by atoms with Gasteiger partial charge in [-0.25, -0.2) is 14.6 Å². The van der Waals surface area contributed by atoms with E-state index >= 15 is 0 Å². The Labute approximate surface area is 176 Å². The standard InChI is InChI=1S/C18H31N2O7PS/c1-9-24-28(23,25-10-2)11-13-12-29-14(19-13)20(15(21)26-17(3,4)5)16(22)27-18(6,7)8/h12H,9-11H2,1-8H3. The molecular weight excluding hydrogens is 419 g/mol. The zero-order valence-corrected chi connectivity index (χ0v) is 20.0. The zero-order chi connectivity index (χ0) is 22.5. The maximum atomic E-state index is 12.7. The monoisotopic (exact) mass is 450 g/mol. The van der Waals surface area contributed by atoms with Crippen LogP contribution in [-0.4, -0.2) is 41.6 Å². The average Bonchev–Trinajstić information content (AvgIpc) is 2.91. The van der Waals surface area contributed by atoms with Gasteiger partial charge in [0.2, 0.25) is 5.13 Å². The normalized spacial score (nSPS) is 12.6. The molecule has 1 rings (SSSR count). The summed E-state index contributed by atoms with van der Waals surface area (Å²) >= 11 is 1.02. The maximum Gasteiger partial charge on any atom is 0.426 e. The number of hydrogen-bond donors (Lipinski definition) is 0. The van der Waals surface area contributed by atoms with E-state index in [1.165, 1.54) is 0 Å². The van der Waals surface area contributed by atoms with Crippen molar-refractivity contribution < 1.29 is 32.7 Å². The topological polar surface area (TPSA) is 104 Å². The molecule has 29 heavy (non-hydrogen) atoms. The molecule has 1 aromatic rings. The number of carbonyl (C=O) groups is 2. The van der Waals surface area contributed by atoms with Crippen LogP contribution in [0, 0.1) is 0 Å². The van der Waals surface area contributed by atoms with Gasteiger partial charge in [0.05, 0.1) is 25.1 Å². The second-order valence-corrected chi connectivity index (χ2v) is 10.9. The Morgan fingerprint density at radius 3 is 1.83 bits per heavy atom. The Balaban J connectivity index is 3.18. The lowest BCUT2D eigenvalue weighted by molar-refractivity contribution is 0.0430. The summed E-state index contributed by atoms with van der Waals surface area (Å²) in [4.78, 5) is 30.3. The van der Waals surface area contributed by atoms with Crippen molar-refractivity contribution in [2.75, 3.05) is 18.1 Å². The Hall–Kier alpha value is -1.48. The molecule has 0 radical (unpaired) electrons. The molecule has 0 aliphatic heterocycles. The van der Waals surface area contributed by atoms with E-state index in [4.69, 9.17) is 18.5 Å². The van der Waals surface area contributed by atoms with Crippen LogP contribution in [0.2, 0.25) is 0 Å². The van der Waals surface area contributed by atoms with E-state index < -0.39 is 31.0 Å². The highest BCUT2D eigenvalue weighted by molar-refractivity contribution is 7.53. The molecule has 1 heterocycles. The quantitative estimate of drug-likeness (QED) is 0.496. The molecule has 0 N–H and O–H groups in total. The molecule has 9 nitrogen and oxygen atoms in total. The number of imide groups is 1. The number of amides is 2. The van der Waals surface area contributed by atoms with Crippen LogP contribution in [0.15, 0.2) is 5.38 Å². The van der Waals surface area contributed by atoms with Crippen molar-refractivity contribution in [1.29, 1.82) is 0 Å². The Kier molecular flexibility index (Phi) is 8.83. The minimum absolute atomic E-state index is 0.0445. The highest BCUT2D eigenvalue weighted by Crippen LogP contribution is 2.51. The molecule has 0 spiro atoms. The third-order valence-electron chi connectivity index (χ3n) is 2.89. The summed E-state index contributed by atoms with van der Waals surface area (Å²) in [6, 6.07) is 0. The average molecular weight is 450 g/mol. The Bertz CT molecular complexity index is 714. The summed E-state index contributed by atoms with van der Waals surface area (Å²) in [5, 5.41) is 1.63. The van der Waals surface area contributed by atoms with Crippen LogP contribution in [0.5, 0.6) is 0 Å². The van der Waals surface area contributed by atoms with E-state index in [0.717, 1.165) is 16.2 Å². The smallest absolute Gasteiger partial charge is 0.426 e. The van der Waals surface area contributed by atoms with Gasteiger partial charge < -0.3 is 18.5 Å². The lowest BCUT2D eigenvalue weighted by Crippen LogP contribution is -2.43. The largest absolute Gasteiger partial charge is 0.443 e. The fourth-order valence-electron chi connectivity index (χ4n) is 2.04. The first-order chi connectivity index (χ1) is 13.2. The van der Waals surface area contributed by atoms with Crippen LogP contribution in [-0.2, 0) is 29.2 Å². The van der Waals surface area contributed by atoms with Crippen molar-refractivity contribution in [3.8, 4) is 0 Å². The summed E-state index contributed by atoms with van der Waals surface area (Å²) < 4.78 is 33.9. The first-order valence-corrected chi connectivity index (χ1v) is 11.9. The summed E-state index contributed by atoms with van der Waals surface area (Å²) in [7, 11) is -3.38.